The summed E-state index contributed by atoms with van der Waals surface area (Å²) in [6.07, 6.45) is 5.45. The van der Waals surface area contributed by atoms with Crippen molar-refractivity contribution in [2.45, 2.75) is 39.0 Å². The van der Waals surface area contributed by atoms with Gasteiger partial charge in [-0.05, 0) is 19.3 Å². The van der Waals surface area contributed by atoms with E-state index in [2.05, 4.69) is 6.92 Å². The second kappa shape index (κ2) is 7.88. The van der Waals surface area contributed by atoms with Crippen LogP contribution in [0.1, 0.15) is 39.0 Å². The SMILES string of the molecule is CCC1CCCCC1=O.ClCCl. The summed E-state index contributed by atoms with van der Waals surface area (Å²) in [6.45, 7) is 2.11. The van der Waals surface area contributed by atoms with E-state index < -0.39 is 0 Å². The van der Waals surface area contributed by atoms with E-state index in [1.807, 2.05) is 0 Å². The number of alkyl halides is 2. The van der Waals surface area contributed by atoms with E-state index in [0.717, 1.165) is 25.7 Å². The molecule has 0 saturated heterocycles. The molecular weight excluding hydrogens is 195 g/mol. The number of ketones is 1. The Labute approximate surface area is 84.4 Å². The van der Waals surface area contributed by atoms with Crippen molar-refractivity contribution in [2.24, 2.45) is 5.92 Å². The van der Waals surface area contributed by atoms with E-state index in [1.54, 1.807) is 0 Å². The summed E-state index contributed by atoms with van der Waals surface area (Å²) in [7, 11) is 0. The number of Topliss-reactive ketones (excluding diaryl/α,β-unsaturated/α-hetero) is 1. The van der Waals surface area contributed by atoms with Gasteiger partial charge in [0.15, 0.2) is 0 Å². The van der Waals surface area contributed by atoms with Crippen molar-refractivity contribution < 1.29 is 4.79 Å². The maximum atomic E-state index is 11.0. The lowest BCUT2D eigenvalue weighted by Gasteiger charge is -2.17. The first-order chi connectivity index (χ1) is 5.76. The van der Waals surface area contributed by atoms with Crippen LogP contribution in [0.25, 0.3) is 0 Å². The van der Waals surface area contributed by atoms with Gasteiger partial charge in [0.25, 0.3) is 0 Å². The monoisotopic (exact) mass is 210 g/mol. The lowest BCUT2D eigenvalue weighted by atomic mass is 9.86. The average Bonchev–Trinajstić information content (AvgIpc) is 2.07. The van der Waals surface area contributed by atoms with Crippen molar-refractivity contribution in [2.75, 3.05) is 5.34 Å². The maximum Gasteiger partial charge on any atom is 0.135 e. The largest absolute Gasteiger partial charge is 0.299 e. The van der Waals surface area contributed by atoms with Gasteiger partial charge in [0.05, 0.1) is 5.34 Å². The highest BCUT2D eigenvalue weighted by Crippen LogP contribution is 2.22. The smallest absolute Gasteiger partial charge is 0.135 e. The normalized spacial score (nSPS) is 22.9. The van der Waals surface area contributed by atoms with Crippen molar-refractivity contribution in [1.29, 1.82) is 0 Å². The van der Waals surface area contributed by atoms with Crippen LogP contribution >= 0.6 is 23.2 Å². The Morgan fingerprint density at radius 2 is 2.00 bits per heavy atom. The van der Waals surface area contributed by atoms with Gasteiger partial charge in [0.2, 0.25) is 0 Å². The molecule has 0 N–H and O–H groups in total. The number of carbonyl (C=O) groups excluding carboxylic acids is 1. The molecule has 0 bridgehead atoms. The Bertz CT molecular complexity index is 126. The lowest BCUT2D eigenvalue weighted by molar-refractivity contribution is -0.124. The molecule has 12 heavy (non-hydrogen) atoms. The van der Waals surface area contributed by atoms with Gasteiger partial charge in [-0.1, -0.05) is 13.3 Å². The molecule has 1 nitrogen and oxygen atoms in total. The fourth-order valence-corrected chi connectivity index (χ4v) is 1.49. The summed E-state index contributed by atoms with van der Waals surface area (Å²) in [5.74, 6) is 0.919. The first kappa shape index (κ1) is 12.2. The number of hydrogen-bond donors (Lipinski definition) is 0. The van der Waals surface area contributed by atoms with Gasteiger partial charge in [0.1, 0.15) is 5.78 Å². The molecule has 0 aliphatic heterocycles. The van der Waals surface area contributed by atoms with Crippen LogP contribution in [0.2, 0.25) is 0 Å². The molecule has 0 heterocycles. The van der Waals surface area contributed by atoms with Crippen molar-refractivity contribution in [3.8, 4) is 0 Å². The highest BCUT2D eigenvalue weighted by molar-refractivity contribution is 6.40. The minimum atomic E-state index is 0.194. The van der Waals surface area contributed by atoms with Crippen LogP contribution < -0.4 is 0 Å². The molecule has 1 aliphatic carbocycles. The van der Waals surface area contributed by atoms with Gasteiger partial charge in [-0.25, -0.2) is 0 Å². The van der Waals surface area contributed by atoms with E-state index in [-0.39, 0.29) is 5.34 Å². The Morgan fingerprint density at radius 1 is 1.42 bits per heavy atom. The number of halogens is 2. The van der Waals surface area contributed by atoms with Crippen LogP contribution in [0.3, 0.4) is 0 Å². The molecule has 3 heteroatoms. The zero-order valence-electron chi connectivity index (χ0n) is 7.48. The van der Waals surface area contributed by atoms with E-state index in [4.69, 9.17) is 23.2 Å². The third-order valence-corrected chi connectivity index (χ3v) is 2.17. The number of rotatable bonds is 1. The van der Waals surface area contributed by atoms with E-state index >= 15 is 0 Å². The van der Waals surface area contributed by atoms with Gasteiger partial charge in [-0.2, -0.15) is 0 Å². The van der Waals surface area contributed by atoms with Gasteiger partial charge in [-0.15, -0.1) is 23.2 Å². The summed E-state index contributed by atoms with van der Waals surface area (Å²) in [5, 5.41) is 0.194. The molecule has 1 unspecified atom stereocenters. The molecule has 0 aromatic heterocycles. The predicted molar refractivity (Wildman–Crippen MR) is 53.8 cm³/mol. The minimum absolute atomic E-state index is 0.194. The molecule has 1 aliphatic rings. The fraction of sp³-hybridized carbons (Fsp3) is 0.889. The fourth-order valence-electron chi connectivity index (χ4n) is 1.49. The molecule has 1 atom stereocenters. The zero-order valence-corrected chi connectivity index (χ0v) is 9.00. The molecule has 1 fully saturated rings. The summed E-state index contributed by atoms with van der Waals surface area (Å²) < 4.78 is 0. The summed E-state index contributed by atoms with van der Waals surface area (Å²) >= 11 is 9.53. The van der Waals surface area contributed by atoms with E-state index in [1.165, 1.54) is 6.42 Å². The third-order valence-electron chi connectivity index (χ3n) is 2.17. The lowest BCUT2D eigenvalue weighted by Crippen LogP contribution is -2.17. The molecule has 0 radical (unpaired) electrons. The van der Waals surface area contributed by atoms with Crippen LogP contribution in [0.5, 0.6) is 0 Å². The molecule has 0 aromatic rings. The van der Waals surface area contributed by atoms with Crippen molar-refractivity contribution >= 4 is 29.0 Å². The van der Waals surface area contributed by atoms with E-state index in [9.17, 15) is 4.79 Å². The summed E-state index contributed by atoms with van der Waals surface area (Å²) in [4.78, 5) is 11.0. The van der Waals surface area contributed by atoms with Gasteiger partial charge in [-0.3, -0.25) is 4.79 Å². The van der Waals surface area contributed by atoms with Gasteiger partial charge in [0, 0.05) is 12.3 Å². The van der Waals surface area contributed by atoms with Gasteiger partial charge >= 0.3 is 0 Å². The zero-order chi connectivity index (χ0) is 9.40. The Hall–Kier alpha value is 0.250. The summed E-state index contributed by atoms with van der Waals surface area (Å²) in [5.41, 5.74) is 0. The Balaban J connectivity index is 0.000000354. The van der Waals surface area contributed by atoms with Crippen LogP contribution in [0, 0.1) is 5.92 Å². The minimum Gasteiger partial charge on any atom is -0.299 e. The molecule has 72 valence electrons. The van der Waals surface area contributed by atoms with E-state index in [0.29, 0.717) is 11.7 Å². The Morgan fingerprint density at radius 3 is 2.33 bits per heavy atom. The maximum absolute atomic E-state index is 11.0. The summed E-state index contributed by atoms with van der Waals surface area (Å²) in [6, 6.07) is 0. The standard InChI is InChI=1S/C8H14O.CH2Cl2/c1-2-7-5-3-4-6-8(7)9;2-1-3/h7H,2-6H2,1H3;1H2. The number of carbonyl (C=O) groups is 1. The molecule has 0 aromatic carbocycles. The first-order valence-electron chi connectivity index (χ1n) is 4.40. The predicted octanol–water partition coefficient (Wildman–Crippen LogP) is 3.58. The van der Waals surface area contributed by atoms with Crippen molar-refractivity contribution in [3.63, 3.8) is 0 Å². The van der Waals surface area contributed by atoms with Crippen LogP contribution in [0.15, 0.2) is 0 Å². The first-order valence-corrected chi connectivity index (χ1v) is 5.47. The number of hydrogen-bond acceptors (Lipinski definition) is 1. The highest BCUT2D eigenvalue weighted by atomic mass is 35.5. The van der Waals surface area contributed by atoms with Gasteiger partial charge < -0.3 is 0 Å². The van der Waals surface area contributed by atoms with Crippen molar-refractivity contribution in [3.05, 3.63) is 0 Å². The topological polar surface area (TPSA) is 17.1 Å². The van der Waals surface area contributed by atoms with Crippen LogP contribution in [-0.4, -0.2) is 11.1 Å². The third kappa shape index (κ3) is 5.00. The van der Waals surface area contributed by atoms with Crippen LogP contribution in [0.4, 0.5) is 0 Å². The Kier molecular flexibility index (Phi) is 8.04. The second-order valence-corrected chi connectivity index (χ2v) is 3.73. The molecular formula is C9H16Cl2O. The second-order valence-electron chi connectivity index (χ2n) is 2.92. The molecule has 1 rings (SSSR count). The molecule has 0 amide bonds. The van der Waals surface area contributed by atoms with Crippen LogP contribution in [-0.2, 0) is 4.79 Å². The molecule has 1 saturated carbocycles. The molecule has 0 spiro atoms. The average molecular weight is 211 g/mol. The highest BCUT2D eigenvalue weighted by Gasteiger charge is 2.19. The van der Waals surface area contributed by atoms with Crippen molar-refractivity contribution in [1.82, 2.24) is 0 Å². The quantitative estimate of drug-likeness (QED) is 0.606.